The second-order valence-corrected chi connectivity index (χ2v) is 10.1. The van der Waals surface area contributed by atoms with Crippen molar-refractivity contribution in [3.8, 4) is 0 Å². The molecule has 5 nitrogen and oxygen atoms in total. The molecule has 1 fully saturated rings. The summed E-state index contributed by atoms with van der Waals surface area (Å²) in [5.74, 6) is 0.00651. The smallest absolute Gasteiger partial charge is 0.258 e. The fraction of sp³-hybridized carbons (Fsp3) is 0.321. The zero-order valence-corrected chi connectivity index (χ0v) is 20.5. The molecule has 0 saturated carbocycles. The standard InChI is InChI=1S/C28H31N3O2S/c1-29(26-10-12-27(13-11-26)34-31-16-18-33-19-17-31)28(32)24-8-6-22(7-9-24)20-30-15-14-23-4-2-3-5-25(23)21-30/h2-13H,14-21H2,1H3. The predicted molar refractivity (Wildman–Crippen MR) is 138 cm³/mol. The number of hydrogen-bond acceptors (Lipinski definition) is 5. The van der Waals surface area contributed by atoms with Crippen molar-refractivity contribution in [2.24, 2.45) is 0 Å². The minimum absolute atomic E-state index is 0.00651. The Labute approximate surface area is 206 Å². The van der Waals surface area contributed by atoms with Crippen LogP contribution in [0.25, 0.3) is 0 Å². The van der Waals surface area contributed by atoms with Crippen molar-refractivity contribution < 1.29 is 9.53 Å². The normalized spacial score (nSPS) is 16.7. The Morgan fingerprint density at radius 3 is 2.35 bits per heavy atom. The minimum Gasteiger partial charge on any atom is -0.379 e. The third-order valence-corrected chi connectivity index (χ3v) is 7.66. The van der Waals surface area contributed by atoms with Gasteiger partial charge in [0.05, 0.1) is 13.2 Å². The molecule has 5 rings (SSSR count). The van der Waals surface area contributed by atoms with Gasteiger partial charge in [-0.05, 0) is 71.5 Å². The number of anilines is 1. The summed E-state index contributed by atoms with van der Waals surface area (Å²) in [5.41, 5.74) is 5.74. The number of nitrogens with zero attached hydrogens (tertiary/aromatic N) is 3. The predicted octanol–water partition coefficient (Wildman–Crippen LogP) is 4.86. The number of hydrogen-bond donors (Lipinski definition) is 0. The minimum atomic E-state index is 0.00651. The Balaban J connectivity index is 1.17. The van der Waals surface area contributed by atoms with Crippen molar-refractivity contribution in [3.05, 3.63) is 95.1 Å². The second-order valence-electron chi connectivity index (χ2n) is 8.92. The van der Waals surface area contributed by atoms with Crippen LogP contribution >= 0.6 is 11.9 Å². The molecule has 0 radical (unpaired) electrons. The van der Waals surface area contributed by atoms with Crippen LogP contribution < -0.4 is 4.90 Å². The molecule has 0 spiro atoms. The summed E-state index contributed by atoms with van der Waals surface area (Å²) in [6, 6.07) is 25.0. The van der Waals surface area contributed by atoms with Gasteiger partial charge in [-0.1, -0.05) is 36.4 Å². The van der Waals surface area contributed by atoms with Crippen LogP contribution in [0.1, 0.15) is 27.0 Å². The molecule has 2 heterocycles. The average molecular weight is 474 g/mol. The van der Waals surface area contributed by atoms with Crippen molar-refractivity contribution >= 4 is 23.5 Å². The number of carbonyl (C=O) groups excluding carboxylic acids is 1. The van der Waals surface area contributed by atoms with Crippen LogP contribution in [0.15, 0.2) is 77.7 Å². The maximum atomic E-state index is 13.1. The molecule has 0 N–H and O–H groups in total. The number of benzene rings is 3. The highest BCUT2D eigenvalue weighted by Gasteiger charge is 2.17. The van der Waals surface area contributed by atoms with E-state index in [1.54, 1.807) is 16.8 Å². The monoisotopic (exact) mass is 473 g/mol. The maximum Gasteiger partial charge on any atom is 0.258 e. The molecule has 2 aliphatic rings. The number of amides is 1. The molecule has 1 amide bonds. The third-order valence-electron chi connectivity index (χ3n) is 6.55. The Hall–Kier alpha value is -2.64. The van der Waals surface area contributed by atoms with Crippen LogP contribution in [0, 0.1) is 0 Å². The first-order valence-corrected chi connectivity index (χ1v) is 12.7. The molecule has 0 unspecified atom stereocenters. The fourth-order valence-corrected chi connectivity index (χ4v) is 5.42. The molecule has 176 valence electrons. The molecular formula is C28H31N3O2S. The lowest BCUT2D eigenvalue weighted by atomic mass is 9.99. The number of morpholine rings is 1. The van der Waals surface area contributed by atoms with Gasteiger partial charge < -0.3 is 9.64 Å². The van der Waals surface area contributed by atoms with Gasteiger partial charge in [-0.25, -0.2) is 4.31 Å². The number of carbonyl (C=O) groups is 1. The van der Waals surface area contributed by atoms with Gasteiger partial charge in [-0.3, -0.25) is 9.69 Å². The highest BCUT2D eigenvalue weighted by Crippen LogP contribution is 2.26. The Kier molecular flexibility index (Phi) is 7.30. The molecular weight excluding hydrogens is 442 g/mol. The summed E-state index contributed by atoms with van der Waals surface area (Å²) < 4.78 is 7.73. The van der Waals surface area contributed by atoms with E-state index in [-0.39, 0.29) is 5.91 Å². The first-order chi connectivity index (χ1) is 16.7. The zero-order chi connectivity index (χ0) is 23.3. The van der Waals surface area contributed by atoms with Gasteiger partial charge in [0.1, 0.15) is 0 Å². The first-order valence-electron chi connectivity index (χ1n) is 11.9. The van der Waals surface area contributed by atoms with E-state index in [0.717, 1.165) is 58.0 Å². The van der Waals surface area contributed by atoms with Crippen molar-refractivity contribution in [3.63, 3.8) is 0 Å². The van der Waals surface area contributed by atoms with E-state index in [1.165, 1.54) is 21.6 Å². The van der Waals surface area contributed by atoms with E-state index in [4.69, 9.17) is 4.74 Å². The Morgan fingerprint density at radius 2 is 1.62 bits per heavy atom. The zero-order valence-electron chi connectivity index (χ0n) is 19.7. The average Bonchev–Trinajstić information content (AvgIpc) is 2.89. The Morgan fingerprint density at radius 1 is 0.912 bits per heavy atom. The van der Waals surface area contributed by atoms with Crippen LogP contribution in [0.3, 0.4) is 0 Å². The highest BCUT2D eigenvalue weighted by atomic mass is 32.2. The lowest BCUT2D eigenvalue weighted by molar-refractivity contribution is 0.0773. The molecule has 0 atom stereocenters. The SMILES string of the molecule is CN(C(=O)c1ccc(CN2CCc3ccccc3C2)cc1)c1ccc(SN2CCOCC2)cc1. The van der Waals surface area contributed by atoms with Crippen LogP contribution in [0.4, 0.5) is 5.69 Å². The van der Waals surface area contributed by atoms with Gasteiger partial charge in [-0.2, -0.15) is 0 Å². The van der Waals surface area contributed by atoms with Crippen LogP contribution in [-0.4, -0.2) is 55.0 Å². The molecule has 1 saturated heterocycles. The van der Waals surface area contributed by atoms with Gasteiger partial charge in [0.25, 0.3) is 5.91 Å². The second kappa shape index (κ2) is 10.7. The lowest BCUT2D eigenvalue weighted by Crippen LogP contribution is -2.30. The van der Waals surface area contributed by atoms with Crippen molar-refractivity contribution in [1.29, 1.82) is 0 Å². The fourth-order valence-electron chi connectivity index (χ4n) is 4.53. The maximum absolute atomic E-state index is 13.1. The number of ether oxygens (including phenoxy) is 1. The van der Waals surface area contributed by atoms with E-state index in [0.29, 0.717) is 5.56 Å². The molecule has 2 aliphatic heterocycles. The van der Waals surface area contributed by atoms with E-state index in [1.807, 2.05) is 31.3 Å². The largest absolute Gasteiger partial charge is 0.379 e. The molecule has 0 aromatic heterocycles. The van der Waals surface area contributed by atoms with E-state index >= 15 is 0 Å². The van der Waals surface area contributed by atoms with Gasteiger partial charge in [-0.15, -0.1) is 0 Å². The molecule has 0 aliphatic carbocycles. The molecule has 3 aromatic carbocycles. The Bertz CT molecular complexity index is 1110. The summed E-state index contributed by atoms with van der Waals surface area (Å²) >= 11 is 1.75. The van der Waals surface area contributed by atoms with Gasteiger partial charge in [0.15, 0.2) is 0 Å². The highest BCUT2D eigenvalue weighted by molar-refractivity contribution is 7.97. The summed E-state index contributed by atoms with van der Waals surface area (Å²) in [6.07, 6.45) is 1.10. The van der Waals surface area contributed by atoms with Crippen LogP contribution in [0.5, 0.6) is 0 Å². The first kappa shape index (κ1) is 23.1. The van der Waals surface area contributed by atoms with Gasteiger partial charge in [0.2, 0.25) is 0 Å². The number of fused-ring (bicyclic) bond motifs is 1. The van der Waals surface area contributed by atoms with Gasteiger partial charge in [0, 0.05) is 55.9 Å². The molecule has 3 aromatic rings. The molecule has 0 bridgehead atoms. The summed E-state index contributed by atoms with van der Waals surface area (Å²) in [7, 11) is 1.84. The van der Waals surface area contributed by atoms with Crippen molar-refractivity contribution in [1.82, 2.24) is 9.21 Å². The van der Waals surface area contributed by atoms with Crippen LogP contribution in [0.2, 0.25) is 0 Å². The van der Waals surface area contributed by atoms with E-state index in [9.17, 15) is 4.79 Å². The van der Waals surface area contributed by atoms with Crippen LogP contribution in [-0.2, 0) is 24.2 Å². The number of rotatable bonds is 6. The lowest BCUT2D eigenvalue weighted by Gasteiger charge is -2.28. The van der Waals surface area contributed by atoms with Gasteiger partial charge >= 0.3 is 0 Å². The molecule has 6 heteroatoms. The van der Waals surface area contributed by atoms with Crippen molar-refractivity contribution in [2.45, 2.75) is 24.4 Å². The van der Waals surface area contributed by atoms with Crippen molar-refractivity contribution in [2.75, 3.05) is 44.8 Å². The quantitative estimate of drug-likeness (QED) is 0.478. The molecule has 34 heavy (non-hydrogen) atoms. The van der Waals surface area contributed by atoms with E-state index < -0.39 is 0 Å². The summed E-state index contributed by atoms with van der Waals surface area (Å²) in [6.45, 7) is 6.40. The third kappa shape index (κ3) is 5.53. The topological polar surface area (TPSA) is 36.0 Å². The summed E-state index contributed by atoms with van der Waals surface area (Å²) in [4.78, 5) is 18.4. The summed E-state index contributed by atoms with van der Waals surface area (Å²) in [5, 5.41) is 0. The van der Waals surface area contributed by atoms with E-state index in [2.05, 4.69) is 57.7 Å².